The third kappa shape index (κ3) is 4.50. The van der Waals surface area contributed by atoms with E-state index in [2.05, 4.69) is 5.32 Å². The van der Waals surface area contributed by atoms with Gasteiger partial charge in [-0.1, -0.05) is 35.9 Å². The molecule has 0 aromatic heterocycles. The molecule has 0 fully saturated rings. The molecule has 0 aliphatic rings. The fourth-order valence-corrected chi connectivity index (χ4v) is 2.25. The number of methoxy groups -OCH3 is 1. The van der Waals surface area contributed by atoms with E-state index in [4.69, 9.17) is 16.3 Å². The number of rotatable bonds is 6. The lowest BCUT2D eigenvalue weighted by molar-refractivity contribution is 0.0953. The average Bonchev–Trinajstić information content (AvgIpc) is 2.52. The number of amides is 1. The molecule has 0 saturated carbocycles. The predicted molar refractivity (Wildman–Crippen MR) is 85.1 cm³/mol. The molecule has 0 saturated heterocycles. The molecule has 110 valence electrons. The Morgan fingerprint density at radius 1 is 1.14 bits per heavy atom. The number of ether oxygens (including phenoxy) is 1. The van der Waals surface area contributed by atoms with Gasteiger partial charge in [-0.15, -0.1) is 0 Å². The third-order valence-corrected chi connectivity index (χ3v) is 3.53. The van der Waals surface area contributed by atoms with Gasteiger partial charge in [0.15, 0.2) is 0 Å². The number of halogens is 1. The van der Waals surface area contributed by atoms with E-state index < -0.39 is 0 Å². The SMILES string of the molecule is COc1ccc(CCCNC(=O)c2ccccc2Cl)cc1. The molecule has 21 heavy (non-hydrogen) atoms. The summed E-state index contributed by atoms with van der Waals surface area (Å²) in [6, 6.07) is 15.0. The second-order valence-electron chi connectivity index (χ2n) is 4.69. The van der Waals surface area contributed by atoms with Crippen molar-refractivity contribution in [2.75, 3.05) is 13.7 Å². The molecule has 0 unspecified atom stereocenters. The van der Waals surface area contributed by atoms with Crippen molar-refractivity contribution < 1.29 is 9.53 Å². The second-order valence-corrected chi connectivity index (χ2v) is 5.09. The van der Waals surface area contributed by atoms with E-state index in [1.165, 1.54) is 5.56 Å². The molecule has 2 aromatic rings. The number of carbonyl (C=O) groups is 1. The first kappa shape index (κ1) is 15.4. The average molecular weight is 304 g/mol. The molecular weight excluding hydrogens is 286 g/mol. The molecule has 4 heteroatoms. The summed E-state index contributed by atoms with van der Waals surface area (Å²) in [7, 11) is 1.65. The van der Waals surface area contributed by atoms with Crippen molar-refractivity contribution >= 4 is 17.5 Å². The van der Waals surface area contributed by atoms with Gasteiger partial charge in [-0.05, 0) is 42.7 Å². The standard InChI is InChI=1S/C17H18ClNO2/c1-21-14-10-8-13(9-11-14)5-4-12-19-17(20)15-6-2-3-7-16(15)18/h2-3,6-11H,4-5,12H2,1H3,(H,19,20). The van der Waals surface area contributed by atoms with Crippen LogP contribution in [0.2, 0.25) is 5.02 Å². The van der Waals surface area contributed by atoms with Gasteiger partial charge in [-0.3, -0.25) is 4.79 Å². The van der Waals surface area contributed by atoms with Crippen LogP contribution in [-0.4, -0.2) is 19.6 Å². The Balaban J connectivity index is 1.76. The summed E-state index contributed by atoms with van der Waals surface area (Å²) in [6.45, 7) is 0.621. The topological polar surface area (TPSA) is 38.3 Å². The van der Waals surface area contributed by atoms with E-state index in [0.29, 0.717) is 17.1 Å². The van der Waals surface area contributed by atoms with Crippen molar-refractivity contribution in [3.63, 3.8) is 0 Å². The molecule has 3 nitrogen and oxygen atoms in total. The fraction of sp³-hybridized carbons (Fsp3) is 0.235. The Bertz CT molecular complexity index is 596. The summed E-state index contributed by atoms with van der Waals surface area (Å²) in [5, 5.41) is 3.36. The molecule has 0 spiro atoms. The minimum absolute atomic E-state index is 0.129. The van der Waals surface area contributed by atoms with Gasteiger partial charge < -0.3 is 10.1 Å². The Hall–Kier alpha value is -2.00. The van der Waals surface area contributed by atoms with Crippen LogP contribution in [-0.2, 0) is 6.42 Å². The number of nitrogens with one attached hydrogen (secondary N) is 1. The van der Waals surface area contributed by atoms with Crippen molar-refractivity contribution in [1.82, 2.24) is 5.32 Å². The highest BCUT2D eigenvalue weighted by molar-refractivity contribution is 6.33. The summed E-state index contributed by atoms with van der Waals surface area (Å²) in [5.74, 6) is 0.723. The quantitative estimate of drug-likeness (QED) is 0.826. The molecule has 1 N–H and O–H groups in total. The molecule has 2 rings (SSSR count). The van der Waals surface area contributed by atoms with Crippen LogP contribution < -0.4 is 10.1 Å². The zero-order valence-electron chi connectivity index (χ0n) is 11.9. The van der Waals surface area contributed by atoms with E-state index in [1.54, 1.807) is 25.3 Å². The zero-order chi connectivity index (χ0) is 15.1. The first-order valence-electron chi connectivity index (χ1n) is 6.86. The maximum absolute atomic E-state index is 11.9. The van der Waals surface area contributed by atoms with Crippen LogP contribution in [0.1, 0.15) is 22.3 Å². The van der Waals surface area contributed by atoms with Crippen LogP contribution in [0.3, 0.4) is 0 Å². The molecule has 2 aromatic carbocycles. The molecule has 1 amide bonds. The van der Waals surface area contributed by atoms with E-state index in [-0.39, 0.29) is 5.91 Å². The normalized spacial score (nSPS) is 10.2. The maximum atomic E-state index is 11.9. The lowest BCUT2D eigenvalue weighted by Gasteiger charge is -2.07. The van der Waals surface area contributed by atoms with Crippen molar-refractivity contribution in [2.24, 2.45) is 0 Å². The summed E-state index contributed by atoms with van der Waals surface area (Å²) in [6.07, 6.45) is 1.79. The largest absolute Gasteiger partial charge is 0.497 e. The number of hydrogen-bond acceptors (Lipinski definition) is 2. The minimum atomic E-state index is -0.129. The van der Waals surface area contributed by atoms with Gasteiger partial charge >= 0.3 is 0 Å². The van der Waals surface area contributed by atoms with Gasteiger partial charge in [0.1, 0.15) is 5.75 Å². The fourth-order valence-electron chi connectivity index (χ4n) is 2.03. The molecule has 0 radical (unpaired) electrons. The Morgan fingerprint density at radius 3 is 2.52 bits per heavy atom. The molecule has 0 aliphatic heterocycles. The smallest absolute Gasteiger partial charge is 0.252 e. The van der Waals surface area contributed by atoms with Gasteiger partial charge in [0, 0.05) is 6.54 Å². The van der Waals surface area contributed by atoms with Gasteiger partial charge in [-0.25, -0.2) is 0 Å². The van der Waals surface area contributed by atoms with Crippen LogP contribution in [0, 0.1) is 0 Å². The van der Waals surface area contributed by atoms with E-state index in [9.17, 15) is 4.79 Å². The number of hydrogen-bond donors (Lipinski definition) is 1. The second kappa shape index (κ2) is 7.70. The summed E-state index contributed by atoms with van der Waals surface area (Å²) >= 11 is 5.98. The summed E-state index contributed by atoms with van der Waals surface area (Å²) < 4.78 is 5.12. The van der Waals surface area contributed by atoms with E-state index in [0.717, 1.165) is 18.6 Å². The van der Waals surface area contributed by atoms with Crippen molar-refractivity contribution in [1.29, 1.82) is 0 Å². The van der Waals surface area contributed by atoms with Crippen LogP contribution in [0.4, 0.5) is 0 Å². The lowest BCUT2D eigenvalue weighted by Crippen LogP contribution is -2.25. The van der Waals surface area contributed by atoms with E-state index in [1.807, 2.05) is 30.3 Å². The molecule has 0 bridgehead atoms. The Kier molecular flexibility index (Phi) is 5.64. The highest BCUT2D eigenvalue weighted by Gasteiger charge is 2.08. The monoisotopic (exact) mass is 303 g/mol. The van der Waals surface area contributed by atoms with Crippen molar-refractivity contribution in [3.05, 3.63) is 64.7 Å². The Labute approximate surface area is 129 Å². The zero-order valence-corrected chi connectivity index (χ0v) is 12.7. The van der Waals surface area contributed by atoms with Gasteiger partial charge in [0.25, 0.3) is 5.91 Å². The van der Waals surface area contributed by atoms with Crippen molar-refractivity contribution in [2.45, 2.75) is 12.8 Å². The molecule has 0 heterocycles. The number of benzene rings is 2. The van der Waals surface area contributed by atoms with Gasteiger partial charge in [0.05, 0.1) is 17.7 Å². The van der Waals surface area contributed by atoms with Crippen LogP contribution in [0.25, 0.3) is 0 Å². The predicted octanol–water partition coefficient (Wildman–Crippen LogP) is 3.71. The van der Waals surface area contributed by atoms with Crippen LogP contribution in [0.5, 0.6) is 5.75 Å². The molecular formula is C17H18ClNO2. The highest BCUT2D eigenvalue weighted by Crippen LogP contribution is 2.15. The lowest BCUT2D eigenvalue weighted by atomic mass is 10.1. The number of aryl methyl sites for hydroxylation is 1. The summed E-state index contributed by atoms with van der Waals surface area (Å²) in [4.78, 5) is 11.9. The van der Waals surface area contributed by atoms with Crippen LogP contribution in [0.15, 0.2) is 48.5 Å². The molecule has 0 atom stereocenters. The number of carbonyl (C=O) groups excluding carboxylic acids is 1. The van der Waals surface area contributed by atoms with Crippen LogP contribution >= 0.6 is 11.6 Å². The van der Waals surface area contributed by atoms with Gasteiger partial charge in [0.2, 0.25) is 0 Å². The minimum Gasteiger partial charge on any atom is -0.497 e. The summed E-state index contributed by atoms with van der Waals surface area (Å²) in [5.41, 5.74) is 1.74. The van der Waals surface area contributed by atoms with Gasteiger partial charge in [-0.2, -0.15) is 0 Å². The first-order chi connectivity index (χ1) is 10.2. The first-order valence-corrected chi connectivity index (χ1v) is 7.24. The third-order valence-electron chi connectivity index (χ3n) is 3.21. The Morgan fingerprint density at radius 2 is 1.86 bits per heavy atom. The maximum Gasteiger partial charge on any atom is 0.252 e. The molecule has 0 aliphatic carbocycles. The van der Waals surface area contributed by atoms with Crippen molar-refractivity contribution in [3.8, 4) is 5.75 Å². The highest BCUT2D eigenvalue weighted by atomic mass is 35.5. The van der Waals surface area contributed by atoms with E-state index >= 15 is 0 Å².